The average molecular weight is 185 g/mol. The molecule has 0 fully saturated rings. The number of aromatic nitrogens is 2. The van der Waals surface area contributed by atoms with Crippen molar-refractivity contribution in [3.63, 3.8) is 0 Å². The Bertz CT molecular complexity index is 379. The molecule has 0 spiro atoms. The van der Waals surface area contributed by atoms with E-state index in [1.54, 1.807) is 6.92 Å². The monoisotopic (exact) mass is 185 g/mol. The van der Waals surface area contributed by atoms with Gasteiger partial charge in [0.2, 0.25) is 0 Å². The summed E-state index contributed by atoms with van der Waals surface area (Å²) in [7, 11) is 0. The fourth-order valence-corrected chi connectivity index (χ4v) is 0.744. The van der Waals surface area contributed by atoms with Crippen LogP contribution in [0.3, 0.4) is 0 Å². The molecule has 1 aromatic rings. The Kier molecular flexibility index (Phi) is 2.99. The molecule has 0 saturated carbocycles. The summed E-state index contributed by atoms with van der Waals surface area (Å²) in [6.07, 6.45) is 0.905. The second kappa shape index (κ2) is 4.01. The summed E-state index contributed by atoms with van der Waals surface area (Å²) in [5.74, 6) is 0. The van der Waals surface area contributed by atoms with Crippen molar-refractivity contribution < 1.29 is 4.74 Å². The maximum absolute atomic E-state index is 11.0. The van der Waals surface area contributed by atoms with E-state index in [1.165, 1.54) is 16.8 Å². The molecule has 0 aliphatic rings. The van der Waals surface area contributed by atoms with Crippen molar-refractivity contribution >= 4 is 0 Å². The first kappa shape index (κ1) is 9.69. The summed E-state index contributed by atoms with van der Waals surface area (Å²) >= 11 is 0. The lowest BCUT2D eigenvalue weighted by Crippen LogP contribution is -2.31. The summed E-state index contributed by atoms with van der Waals surface area (Å²) in [6, 6.07) is 1.24. The molecule has 6 nitrogen and oxygen atoms in total. The number of nitrogens with zero attached hydrogens (tertiary/aromatic N) is 1. The van der Waals surface area contributed by atoms with Crippen LogP contribution in [0.4, 0.5) is 0 Å². The van der Waals surface area contributed by atoms with E-state index in [-0.39, 0.29) is 6.73 Å². The van der Waals surface area contributed by atoms with Crippen molar-refractivity contribution in [1.29, 1.82) is 0 Å². The molecule has 13 heavy (non-hydrogen) atoms. The lowest BCUT2D eigenvalue weighted by atomic mass is 10.6. The number of hydrogen-bond donors (Lipinski definition) is 2. The Labute approximate surface area is 74.0 Å². The van der Waals surface area contributed by atoms with Gasteiger partial charge in [-0.2, -0.15) is 0 Å². The third kappa shape index (κ3) is 2.85. The largest absolute Gasteiger partial charge is 0.343 e. The van der Waals surface area contributed by atoms with Gasteiger partial charge in [0.1, 0.15) is 13.0 Å². The standard InChI is InChI=1S/C7H11N3O3/c1-5(8)13-4-10-3-2-6(11)9-7(10)12/h2-3,5H,4,8H2,1H3,(H,9,11,12). The van der Waals surface area contributed by atoms with E-state index < -0.39 is 17.5 Å². The van der Waals surface area contributed by atoms with Crippen LogP contribution in [0.25, 0.3) is 0 Å². The first-order chi connectivity index (χ1) is 6.09. The molecule has 0 aliphatic heterocycles. The zero-order valence-electron chi connectivity index (χ0n) is 7.19. The van der Waals surface area contributed by atoms with Crippen LogP contribution in [0.2, 0.25) is 0 Å². The summed E-state index contributed by atoms with van der Waals surface area (Å²) < 4.78 is 6.18. The molecular formula is C7H11N3O3. The minimum Gasteiger partial charge on any atom is -0.343 e. The highest BCUT2D eigenvalue weighted by molar-refractivity contribution is 4.81. The van der Waals surface area contributed by atoms with Gasteiger partial charge in [0.05, 0.1) is 0 Å². The molecule has 0 aromatic carbocycles. The topological polar surface area (TPSA) is 90.1 Å². The molecular weight excluding hydrogens is 174 g/mol. The van der Waals surface area contributed by atoms with E-state index in [0.717, 1.165) is 0 Å². The molecule has 1 heterocycles. The molecule has 1 rings (SSSR count). The normalized spacial score (nSPS) is 12.8. The third-order valence-corrected chi connectivity index (χ3v) is 1.37. The van der Waals surface area contributed by atoms with Crippen LogP contribution in [0, 0.1) is 0 Å². The predicted molar refractivity (Wildman–Crippen MR) is 46.1 cm³/mol. The van der Waals surface area contributed by atoms with Gasteiger partial charge in [-0.15, -0.1) is 0 Å². The van der Waals surface area contributed by atoms with Crippen molar-refractivity contribution in [2.45, 2.75) is 19.9 Å². The highest BCUT2D eigenvalue weighted by Gasteiger charge is 1.97. The van der Waals surface area contributed by atoms with Gasteiger partial charge >= 0.3 is 5.69 Å². The van der Waals surface area contributed by atoms with E-state index >= 15 is 0 Å². The first-order valence-electron chi connectivity index (χ1n) is 3.76. The number of hydrogen-bond acceptors (Lipinski definition) is 4. The number of aromatic amines is 1. The Balaban J connectivity index is 2.79. The number of rotatable bonds is 3. The van der Waals surface area contributed by atoms with E-state index in [1.807, 2.05) is 0 Å². The molecule has 0 bridgehead atoms. The smallest absolute Gasteiger partial charge is 0.330 e. The highest BCUT2D eigenvalue weighted by atomic mass is 16.5. The Morgan fingerprint density at radius 1 is 1.69 bits per heavy atom. The van der Waals surface area contributed by atoms with E-state index in [2.05, 4.69) is 4.98 Å². The summed E-state index contributed by atoms with van der Waals surface area (Å²) in [6.45, 7) is 1.68. The van der Waals surface area contributed by atoms with Crippen molar-refractivity contribution in [3.8, 4) is 0 Å². The number of nitrogens with one attached hydrogen (secondary N) is 1. The minimum atomic E-state index is -0.506. The SMILES string of the molecule is CC(N)OCn1ccc(=O)[nH]c1=O. The third-order valence-electron chi connectivity index (χ3n) is 1.37. The van der Waals surface area contributed by atoms with Crippen LogP contribution < -0.4 is 17.0 Å². The fraction of sp³-hybridized carbons (Fsp3) is 0.429. The van der Waals surface area contributed by atoms with E-state index in [4.69, 9.17) is 10.5 Å². The van der Waals surface area contributed by atoms with Gasteiger partial charge in [0.25, 0.3) is 5.56 Å². The van der Waals surface area contributed by atoms with Gasteiger partial charge in [0.15, 0.2) is 0 Å². The van der Waals surface area contributed by atoms with Crippen LogP contribution >= 0.6 is 0 Å². The van der Waals surface area contributed by atoms with Crippen LogP contribution in [0.1, 0.15) is 6.92 Å². The van der Waals surface area contributed by atoms with Gasteiger partial charge in [-0.25, -0.2) is 4.79 Å². The van der Waals surface area contributed by atoms with E-state index in [0.29, 0.717) is 0 Å². The Hall–Kier alpha value is -1.40. The maximum Gasteiger partial charge on any atom is 0.330 e. The average Bonchev–Trinajstić information content (AvgIpc) is 2.02. The quantitative estimate of drug-likeness (QED) is 0.580. The molecule has 1 unspecified atom stereocenters. The molecule has 0 radical (unpaired) electrons. The van der Waals surface area contributed by atoms with Gasteiger partial charge in [-0.1, -0.05) is 0 Å². The molecule has 1 atom stereocenters. The summed E-state index contributed by atoms with van der Waals surface area (Å²) in [5, 5.41) is 0. The Morgan fingerprint density at radius 2 is 2.38 bits per heavy atom. The van der Waals surface area contributed by atoms with Crippen molar-refractivity contribution in [2.75, 3.05) is 0 Å². The number of H-pyrrole nitrogens is 1. The summed E-state index contributed by atoms with van der Waals surface area (Å²) in [5.41, 5.74) is 4.38. The van der Waals surface area contributed by atoms with Crippen molar-refractivity contribution in [1.82, 2.24) is 9.55 Å². The van der Waals surface area contributed by atoms with Crippen LogP contribution in [0.5, 0.6) is 0 Å². The van der Waals surface area contributed by atoms with E-state index in [9.17, 15) is 9.59 Å². The van der Waals surface area contributed by atoms with Crippen molar-refractivity contribution in [2.24, 2.45) is 5.73 Å². The van der Waals surface area contributed by atoms with Crippen LogP contribution in [-0.2, 0) is 11.5 Å². The second-order valence-electron chi connectivity index (χ2n) is 2.58. The number of nitrogens with two attached hydrogens (primary N) is 1. The fourth-order valence-electron chi connectivity index (χ4n) is 0.744. The Morgan fingerprint density at radius 3 is 2.92 bits per heavy atom. The number of ether oxygens (including phenoxy) is 1. The van der Waals surface area contributed by atoms with Gasteiger partial charge in [0, 0.05) is 12.3 Å². The molecule has 0 saturated heterocycles. The van der Waals surface area contributed by atoms with Crippen LogP contribution in [-0.4, -0.2) is 15.8 Å². The highest BCUT2D eigenvalue weighted by Crippen LogP contribution is 1.83. The molecule has 6 heteroatoms. The summed E-state index contributed by atoms with van der Waals surface area (Å²) in [4.78, 5) is 23.8. The molecule has 0 amide bonds. The molecule has 3 N–H and O–H groups in total. The van der Waals surface area contributed by atoms with Gasteiger partial charge in [-0.3, -0.25) is 14.3 Å². The van der Waals surface area contributed by atoms with Crippen molar-refractivity contribution in [3.05, 3.63) is 33.1 Å². The second-order valence-corrected chi connectivity index (χ2v) is 2.58. The van der Waals surface area contributed by atoms with Gasteiger partial charge in [-0.05, 0) is 6.92 Å². The first-order valence-corrected chi connectivity index (χ1v) is 3.76. The van der Waals surface area contributed by atoms with Crippen LogP contribution in [0.15, 0.2) is 21.9 Å². The maximum atomic E-state index is 11.0. The van der Waals surface area contributed by atoms with Gasteiger partial charge < -0.3 is 10.5 Å². The zero-order chi connectivity index (χ0) is 9.84. The predicted octanol–water partition coefficient (Wildman–Crippen LogP) is -1.18. The molecule has 72 valence electrons. The minimum absolute atomic E-state index is 0.0350. The zero-order valence-corrected chi connectivity index (χ0v) is 7.19. The molecule has 0 aliphatic carbocycles. The lowest BCUT2D eigenvalue weighted by Gasteiger charge is -2.08. The lowest BCUT2D eigenvalue weighted by molar-refractivity contribution is 0.0192. The molecule has 1 aromatic heterocycles.